The van der Waals surface area contributed by atoms with Gasteiger partial charge in [-0.25, -0.2) is 0 Å². The van der Waals surface area contributed by atoms with E-state index in [1.54, 1.807) is 12.4 Å². The summed E-state index contributed by atoms with van der Waals surface area (Å²) in [7, 11) is 0. The van der Waals surface area contributed by atoms with Crippen LogP contribution in [0.2, 0.25) is 0 Å². The van der Waals surface area contributed by atoms with E-state index in [0.717, 1.165) is 42.6 Å². The van der Waals surface area contributed by atoms with Crippen LogP contribution in [0.4, 0.5) is 5.69 Å². The fourth-order valence-electron chi connectivity index (χ4n) is 4.25. The smallest absolute Gasteiger partial charge is 0.254 e. The van der Waals surface area contributed by atoms with Crippen LogP contribution in [0.15, 0.2) is 48.8 Å². The molecule has 0 radical (unpaired) electrons. The van der Waals surface area contributed by atoms with Crippen molar-refractivity contribution in [2.45, 2.75) is 26.2 Å². The van der Waals surface area contributed by atoms with Crippen molar-refractivity contribution in [3.8, 4) is 0 Å². The van der Waals surface area contributed by atoms with Gasteiger partial charge in [-0.3, -0.25) is 14.6 Å². The van der Waals surface area contributed by atoms with Gasteiger partial charge in [0, 0.05) is 31.4 Å². The van der Waals surface area contributed by atoms with Crippen LogP contribution in [0.5, 0.6) is 0 Å². The minimum Gasteiger partial charge on any atom is -0.338 e. The number of pyridine rings is 1. The Kier molecular flexibility index (Phi) is 4.23. The van der Waals surface area contributed by atoms with Crippen molar-refractivity contribution in [2.24, 2.45) is 5.41 Å². The first-order chi connectivity index (χ1) is 12.6. The highest BCUT2D eigenvalue weighted by molar-refractivity contribution is 6.01. The molecule has 1 spiro atoms. The summed E-state index contributed by atoms with van der Waals surface area (Å²) in [5.41, 5.74) is 2.11. The number of carbonyl (C=O) groups is 2. The maximum absolute atomic E-state index is 13.2. The summed E-state index contributed by atoms with van der Waals surface area (Å²) in [5.74, 6) is 0.169. The number of rotatable bonds is 2. The first-order valence-electron chi connectivity index (χ1n) is 9.18. The van der Waals surface area contributed by atoms with Gasteiger partial charge in [0.25, 0.3) is 5.91 Å². The number of amides is 2. The van der Waals surface area contributed by atoms with Crippen molar-refractivity contribution in [3.63, 3.8) is 0 Å². The standard InChI is InChI=1S/C21H23N3O2/c1-16-6-2-3-8-18(16)19(25)23-12-5-9-21(15-23)10-13-24(20(21)26)17-7-4-11-22-14-17/h2-4,6-8,11,14H,5,9-10,12-13,15H2,1H3. The lowest BCUT2D eigenvalue weighted by atomic mass is 9.78. The summed E-state index contributed by atoms with van der Waals surface area (Å²) in [6.45, 7) is 3.87. The molecular weight excluding hydrogens is 326 g/mol. The van der Waals surface area contributed by atoms with E-state index in [0.29, 0.717) is 13.1 Å². The summed E-state index contributed by atoms with van der Waals surface area (Å²) < 4.78 is 0. The molecule has 5 heteroatoms. The summed E-state index contributed by atoms with van der Waals surface area (Å²) in [6, 6.07) is 11.4. The topological polar surface area (TPSA) is 53.5 Å². The van der Waals surface area contributed by atoms with Gasteiger partial charge in [0.15, 0.2) is 0 Å². The Morgan fingerprint density at radius 2 is 1.96 bits per heavy atom. The Morgan fingerprint density at radius 3 is 2.73 bits per heavy atom. The van der Waals surface area contributed by atoms with Gasteiger partial charge in [0.05, 0.1) is 17.3 Å². The third kappa shape index (κ3) is 2.77. The number of benzene rings is 1. The van der Waals surface area contributed by atoms with Crippen LogP contribution >= 0.6 is 0 Å². The highest BCUT2D eigenvalue weighted by Gasteiger charge is 2.50. The van der Waals surface area contributed by atoms with E-state index in [4.69, 9.17) is 0 Å². The van der Waals surface area contributed by atoms with Crippen molar-refractivity contribution >= 4 is 17.5 Å². The number of hydrogen-bond acceptors (Lipinski definition) is 3. The van der Waals surface area contributed by atoms with Crippen LogP contribution in [0, 0.1) is 12.3 Å². The molecule has 3 heterocycles. The van der Waals surface area contributed by atoms with Gasteiger partial charge >= 0.3 is 0 Å². The van der Waals surface area contributed by atoms with Gasteiger partial charge in [-0.15, -0.1) is 0 Å². The van der Waals surface area contributed by atoms with Crippen molar-refractivity contribution in [3.05, 3.63) is 59.9 Å². The maximum atomic E-state index is 13.2. The second-order valence-corrected chi connectivity index (χ2v) is 7.34. The van der Waals surface area contributed by atoms with E-state index < -0.39 is 5.41 Å². The highest BCUT2D eigenvalue weighted by Crippen LogP contribution is 2.42. The minimum absolute atomic E-state index is 0.0369. The summed E-state index contributed by atoms with van der Waals surface area (Å²) >= 11 is 0. The molecule has 1 unspecified atom stereocenters. The van der Waals surface area contributed by atoms with E-state index in [1.807, 2.05) is 53.1 Å². The zero-order valence-corrected chi connectivity index (χ0v) is 15.0. The molecule has 2 amide bonds. The van der Waals surface area contributed by atoms with Crippen LogP contribution < -0.4 is 4.90 Å². The SMILES string of the molecule is Cc1ccccc1C(=O)N1CCCC2(CCN(c3cccnc3)C2=O)C1. The zero-order valence-electron chi connectivity index (χ0n) is 15.0. The summed E-state index contributed by atoms with van der Waals surface area (Å²) in [5, 5.41) is 0. The van der Waals surface area contributed by atoms with Crippen molar-refractivity contribution in [1.29, 1.82) is 0 Å². The minimum atomic E-state index is -0.452. The van der Waals surface area contributed by atoms with E-state index in [2.05, 4.69) is 4.98 Å². The number of aryl methyl sites for hydroxylation is 1. The number of carbonyl (C=O) groups excluding carboxylic acids is 2. The normalized spacial score (nSPS) is 22.9. The average molecular weight is 349 g/mol. The first kappa shape index (κ1) is 16.8. The van der Waals surface area contributed by atoms with Gasteiger partial charge in [0.2, 0.25) is 5.91 Å². The number of nitrogens with zero attached hydrogens (tertiary/aromatic N) is 3. The molecule has 0 saturated carbocycles. The fourth-order valence-corrected chi connectivity index (χ4v) is 4.25. The Labute approximate surface area is 153 Å². The molecule has 0 aliphatic carbocycles. The number of aromatic nitrogens is 1. The van der Waals surface area contributed by atoms with Crippen molar-refractivity contribution in [1.82, 2.24) is 9.88 Å². The molecule has 2 aliphatic rings. The fraction of sp³-hybridized carbons (Fsp3) is 0.381. The predicted molar refractivity (Wildman–Crippen MR) is 100.0 cm³/mol. The lowest BCUT2D eigenvalue weighted by Gasteiger charge is -2.39. The van der Waals surface area contributed by atoms with E-state index in [9.17, 15) is 9.59 Å². The molecule has 2 fully saturated rings. The van der Waals surface area contributed by atoms with Gasteiger partial charge in [-0.1, -0.05) is 18.2 Å². The van der Waals surface area contributed by atoms with E-state index in [1.165, 1.54) is 0 Å². The molecule has 134 valence electrons. The predicted octanol–water partition coefficient (Wildman–Crippen LogP) is 3.05. The van der Waals surface area contributed by atoms with Gasteiger partial charge in [-0.05, 0) is 49.9 Å². The molecule has 2 aliphatic heterocycles. The second-order valence-electron chi connectivity index (χ2n) is 7.34. The summed E-state index contributed by atoms with van der Waals surface area (Å²) in [6.07, 6.45) is 5.95. The Balaban J connectivity index is 1.56. The molecule has 1 aromatic carbocycles. The number of anilines is 1. The lowest BCUT2D eigenvalue weighted by molar-refractivity contribution is -0.127. The van der Waals surface area contributed by atoms with E-state index in [-0.39, 0.29) is 11.8 Å². The van der Waals surface area contributed by atoms with Gasteiger partial charge in [0.1, 0.15) is 0 Å². The molecule has 4 rings (SSSR count). The summed E-state index contributed by atoms with van der Waals surface area (Å²) in [4.78, 5) is 34.1. The molecular formula is C21H23N3O2. The van der Waals surface area contributed by atoms with Crippen LogP contribution in [-0.4, -0.2) is 41.3 Å². The lowest BCUT2D eigenvalue weighted by Crippen LogP contribution is -2.50. The van der Waals surface area contributed by atoms with Crippen LogP contribution in [0.3, 0.4) is 0 Å². The molecule has 2 aromatic rings. The number of hydrogen-bond donors (Lipinski definition) is 0. The Hall–Kier alpha value is -2.69. The molecule has 1 aromatic heterocycles. The largest absolute Gasteiger partial charge is 0.338 e. The van der Waals surface area contributed by atoms with Crippen LogP contribution in [0.25, 0.3) is 0 Å². The van der Waals surface area contributed by atoms with Gasteiger partial charge in [-0.2, -0.15) is 0 Å². The molecule has 1 atom stereocenters. The molecule has 0 N–H and O–H groups in total. The average Bonchev–Trinajstić information content (AvgIpc) is 2.98. The Bertz CT molecular complexity index is 836. The molecule has 2 saturated heterocycles. The van der Waals surface area contributed by atoms with Crippen LogP contribution in [0.1, 0.15) is 35.2 Å². The third-order valence-electron chi connectivity index (χ3n) is 5.71. The van der Waals surface area contributed by atoms with Crippen molar-refractivity contribution in [2.75, 3.05) is 24.5 Å². The monoisotopic (exact) mass is 349 g/mol. The van der Waals surface area contributed by atoms with Gasteiger partial charge < -0.3 is 9.80 Å². The molecule has 5 nitrogen and oxygen atoms in total. The third-order valence-corrected chi connectivity index (χ3v) is 5.71. The number of piperidine rings is 1. The highest BCUT2D eigenvalue weighted by atomic mass is 16.2. The second kappa shape index (κ2) is 6.56. The first-order valence-corrected chi connectivity index (χ1v) is 9.18. The molecule has 0 bridgehead atoms. The van der Waals surface area contributed by atoms with Crippen LogP contribution in [-0.2, 0) is 4.79 Å². The van der Waals surface area contributed by atoms with Crippen molar-refractivity contribution < 1.29 is 9.59 Å². The quantitative estimate of drug-likeness (QED) is 0.837. The maximum Gasteiger partial charge on any atom is 0.254 e. The number of likely N-dealkylation sites (tertiary alicyclic amines) is 1. The Morgan fingerprint density at radius 1 is 1.12 bits per heavy atom. The van der Waals surface area contributed by atoms with E-state index >= 15 is 0 Å². The molecule has 26 heavy (non-hydrogen) atoms. The zero-order chi connectivity index (χ0) is 18.1.